The van der Waals surface area contributed by atoms with Gasteiger partial charge < -0.3 is 9.64 Å². The fourth-order valence-electron chi connectivity index (χ4n) is 2.13. The largest absolute Gasteiger partial charge is 0.494 e. The molecule has 98 valence electrons. The maximum absolute atomic E-state index is 13.1. The SMILES string of the molecule is COc1cc([N+](=O)[O-])ccc1N1CCC(F)CC1. The molecule has 0 unspecified atom stereocenters. The third-order valence-electron chi connectivity index (χ3n) is 3.14. The van der Waals surface area contributed by atoms with Crippen molar-refractivity contribution in [3.05, 3.63) is 28.3 Å². The Morgan fingerprint density at radius 3 is 2.67 bits per heavy atom. The molecule has 0 aromatic heterocycles. The van der Waals surface area contributed by atoms with Gasteiger partial charge in [-0.25, -0.2) is 4.39 Å². The summed E-state index contributed by atoms with van der Waals surface area (Å²) in [5, 5.41) is 10.7. The summed E-state index contributed by atoms with van der Waals surface area (Å²) in [4.78, 5) is 12.2. The smallest absolute Gasteiger partial charge is 0.273 e. The van der Waals surface area contributed by atoms with E-state index in [0.29, 0.717) is 31.7 Å². The van der Waals surface area contributed by atoms with Crippen LogP contribution in [0.5, 0.6) is 5.75 Å². The van der Waals surface area contributed by atoms with Gasteiger partial charge in [-0.05, 0) is 18.9 Å². The van der Waals surface area contributed by atoms with Gasteiger partial charge in [0.15, 0.2) is 0 Å². The van der Waals surface area contributed by atoms with E-state index in [9.17, 15) is 14.5 Å². The van der Waals surface area contributed by atoms with E-state index in [1.54, 1.807) is 6.07 Å². The molecule has 1 heterocycles. The highest BCUT2D eigenvalue weighted by molar-refractivity contribution is 5.62. The molecule has 0 saturated carbocycles. The highest BCUT2D eigenvalue weighted by Crippen LogP contribution is 2.33. The molecule has 1 aliphatic heterocycles. The van der Waals surface area contributed by atoms with Crippen molar-refractivity contribution in [3.8, 4) is 5.75 Å². The Labute approximate surface area is 104 Å². The number of methoxy groups -OCH3 is 1. The Bertz CT molecular complexity index is 445. The zero-order valence-electron chi connectivity index (χ0n) is 10.1. The lowest BCUT2D eigenvalue weighted by atomic mass is 10.1. The first-order valence-electron chi connectivity index (χ1n) is 5.83. The first kappa shape index (κ1) is 12.6. The first-order valence-corrected chi connectivity index (χ1v) is 5.83. The van der Waals surface area contributed by atoms with Gasteiger partial charge in [-0.1, -0.05) is 0 Å². The molecular weight excluding hydrogens is 239 g/mol. The predicted octanol–water partition coefficient (Wildman–Crippen LogP) is 2.54. The molecule has 1 saturated heterocycles. The van der Waals surface area contributed by atoms with Crippen LogP contribution in [0, 0.1) is 10.1 Å². The molecule has 0 aliphatic carbocycles. The van der Waals surface area contributed by atoms with Gasteiger partial charge in [-0.3, -0.25) is 10.1 Å². The van der Waals surface area contributed by atoms with Crippen LogP contribution in [-0.2, 0) is 0 Å². The Kier molecular flexibility index (Phi) is 3.64. The molecule has 1 aromatic carbocycles. The summed E-state index contributed by atoms with van der Waals surface area (Å²) in [6.07, 6.45) is 0.227. The Balaban J connectivity index is 2.24. The molecule has 0 spiro atoms. The van der Waals surface area contributed by atoms with Gasteiger partial charge >= 0.3 is 0 Å². The zero-order valence-corrected chi connectivity index (χ0v) is 10.1. The van der Waals surface area contributed by atoms with Crippen LogP contribution in [0.3, 0.4) is 0 Å². The fourth-order valence-corrected chi connectivity index (χ4v) is 2.13. The topological polar surface area (TPSA) is 55.6 Å². The number of hydrogen-bond donors (Lipinski definition) is 0. The van der Waals surface area contributed by atoms with Crippen LogP contribution < -0.4 is 9.64 Å². The van der Waals surface area contributed by atoms with Gasteiger partial charge in [-0.15, -0.1) is 0 Å². The predicted molar refractivity (Wildman–Crippen MR) is 66.0 cm³/mol. The second kappa shape index (κ2) is 5.20. The standard InChI is InChI=1S/C12H15FN2O3/c1-18-12-8-10(15(16)17)2-3-11(12)14-6-4-9(13)5-7-14/h2-3,8-9H,4-7H2,1H3. The van der Waals surface area contributed by atoms with Gasteiger partial charge in [0.2, 0.25) is 0 Å². The van der Waals surface area contributed by atoms with Crippen molar-refractivity contribution < 1.29 is 14.1 Å². The Hall–Kier alpha value is -1.85. The molecule has 2 rings (SSSR count). The average molecular weight is 254 g/mol. The van der Waals surface area contributed by atoms with Crippen LogP contribution in [-0.4, -0.2) is 31.3 Å². The second-order valence-corrected chi connectivity index (χ2v) is 4.27. The summed E-state index contributed by atoms with van der Waals surface area (Å²) in [6.45, 7) is 1.21. The van der Waals surface area contributed by atoms with E-state index in [0.717, 1.165) is 5.69 Å². The van der Waals surface area contributed by atoms with Gasteiger partial charge in [0.25, 0.3) is 5.69 Å². The van der Waals surface area contributed by atoms with Crippen molar-refractivity contribution in [2.75, 3.05) is 25.1 Å². The van der Waals surface area contributed by atoms with Gasteiger partial charge in [0.05, 0.1) is 23.8 Å². The molecule has 1 fully saturated rings. The van der Waals surface area contributed by atoms with Crippen LogP contribution in [0.15, 0.2) is 18.2 Å². The van der Waals surface area contributed by atoms with Crippen molar-refractivity contribution in [2.24, 2.45) is 0 Å². The highest BCUT2D eigenvalue weighted by atomic mass is 19.1. The average Bonchev–Trinajstić information content (AvgIpc) is 2.39. The van der Waals surface area contributed by atoms with Crippen LogP contribution in [0.4, 0.5) is 15.8 Å². The van der Waals surface area contributed by atoms with Crippen LogP contribution in [0.25, 0.3) is 0 Å². The van der Waals surface area contributed by atoms with Crippen molar-refractivity contribution in [1.82, 2.24) is 0 Å². The zero-order chi connectivity index (χ0) is 13.1. The van der Waals surface area contributed by atoms with E-state index < -0.39 is 11.1 Å². The lowest BCUT2D eigenvalue weighted by Crippen LogP contribution is -2.34. The van der Waals surface area contributed by atoms with Crippen molar-refractivity contribution in [2.45, 2.75) is 19.0 Å². The van der Waals surface area contributed by atoms with E-state index in [4.69, 9.17) is 4.74 Å². The van der Waals surface area contributed by atoms with Gasteiger partial charge in [-0.2, -0.15) is 0 Å². The summed E-state index contributed by atoms with van der Waals surface area (Å²) in [6, 6.07) is 4.51. The number of nitrogens with zero attached hydrogens (tertiary/aromatic N) is 2. The van der Waals surface area contributed by atoms with E-state index in [-0.39, 0.29) is 5.69 Å². The number of nitro groups is 1. The van der Waals surface area contributed by atoms with E-state index in [1.807, 2.05) is 4.90 Å². The number of hydrogen-bond acceptors (Lipinski definition) is 4. The normalized spacial score (nSPS) is 16.7. The van der Waals surface area contributed by atoms with Gasteiger partial charge in [0, 0.05) is 19.2 Å². The lowest BCUT2D eigenvalue weighted by molar-refractivity contribution is -0.384. The van der Waals surface area contributed by atoms with Crippen molar-refractivity contribution in [3.63, 3.8) is 0 Å². The minimum atomic E-state index is -0.745. The lowest BCUT2D eigenvalue weighted by Gasteiger charge is -2.31. The molecule has 0 bridgehead atoms. The summed E-state index contributed by atoms with van der Waals surface area (Å²) in [5.41, 5.74) is 0.783. The molecule has 0 atom stereocenters. The van der Waals surface area contributed by atoms with Crippen LogP contribution >= 0.6 is 0 Å². The molecule has 1 aliphatic rings. The number of nitro benzene ring substituents is 1. The third kappa shape index (κ3) is 2.52. The quantitative estimate of drug-likeness (QED) is 0.614. The maximum atomic E-state index is 13.1. The van der Waals surface area contributed by atoms with Crippen molar-refractivity contribution in [1.29, 1.82) is 0 Å². The summed E-state index contributed by atoms with van der Waals surface area (Å²) < 4.78 is 18.3. The molecule has 1 aromatic rings. The molecule has 0 radical (unpaired) electrons. The van der Waals surface area contributed by atoms with Crippen LogP contribution in [0.1, 0.15) is 12.8 Å². The number of piperidine rings is 1. The summed E-state index contributed by atoms with van der Waals surface area (Å²) in [5.74, 6) is 0.460. The maximum Gasteiger partial charge on any atom is 0.273 e. The number of halogens is 1. The van der Waals surface area contributed by atoms with Crippen molar-refractivity contribution >= 4 is 11.4 Å². The Morgan fingerprint density at radius 1 is 1.44 bits per heavy atom. The minimum Gasteiger partial charge on any atom is -0.494 e. The third-order valence-corrected chi connectivity index (χ3v) is 3.14. The first-order chi connectivity index (χ1) is 8.61. The molecule has 18 heavy (non-hydrogen) atoms. The molecular formula is C12H15FN2O3. The van der Waals surface area contributed by atoms with E-state index in [2.05, 4.69) is 0 Å². The van der Waals surface area contributed by atoms with E-state index >= 15 is 0 Å². The molecule has 0 N–H and O–H groups in total. The minimum absolute atomic E-state index is 0.00372. The van der Waals surface area contributed by atoms with E-state index in [1.165, 1.54) is 19.2 Å². The van der Waals surface area contributed by atoms with Crippen LogP contribution in [0.2, 0.25) is 0 Å². The Morgan fingerprint density at radius 2 is 2.11 bits per heavy atom. The summed E-state index contributed by atoms with van der Waals surface area (Å²) >= 11 is 0. The number of alkyl halides is 1. The van der Waals surface area contributed by atoms with Gasteiger partial charge in [0.1, 0.15) is 11.9 Å². The number of anilines is 1. The molecule has 6 heteroatoms. The second-order valence-electron chi connectivity index (χ2n) is 4.27. The molecule has 5 nitrogen and oxygen atoms in total. The molecule has 0 amide bonds. The number of benzene rings is 1. The monoisotopic (exact) mass is 254 g/mol. The highest BCUT2D eigenvalue weighted by Gasteiger charge is 2.22. The number of ether oxygens (including phenoxy) is 1. The summed E-state index contributed by atoms with van der Waals surface area (Å²) in [7, 11) is 1.48. The number of rotatable bonds is 3. The fraction of sp³-hybridized carbons (Fsp3) is 0.500. The number of non-ortho nitro benzene ring substituents is 1.